The first kappa shape index (κ1) is 31.9. The van der Waals surface area contributed by atoms with Crippen LogP contribution in [-0.4, -0.2) is 96.6 Å². The Balaban J connectivity index is 1.41. The number of aryl methyl sites for hydroxylation is 1. The van der Waals surface area contributed by atoms with Crippen molar-refractivity contribution in [1.29, 1.82) is 0 Å². The number of ether oxygens (including phenoxy) is 4. The molecule has 1 N–H and O–H groups in total. The monoisotopic (exact) mass is 617 g/mol. The van der Waals surface area contributed by atoms with E-state index >= 15 is 0 Å². The number of hydrogen-bond acceptors (Lipinski definition) is 9. The molecule has 2 aromatic carbocycles. The zero-order valence-electron chi connectivity index (χ0n) is 25.6. The number of amides is 3. The van der Waals surface area contributed by atoms with Crippen molar-refractivity contribution >= 4 is 17.7 Å². The quantitative estimate of drug-likeness (QED) is 0.415. The molecule has 3 amide bonds. The van der Waals surface area contributed by atoms with E-state index in [0.29, 0.717) is 56.2 Å². The van der Waals surface area contributed by atoms with Crippen LogP contribution in [0.5, 0.6) is 17.2 Å². The molecule has 3 aliphatic heterocycles. The molecule has 1 fully saturated rings. The third-order valence-corrected chi connectivity index (χ3v) is 7.87. The van der Waals surface area contributed by atoms with Crippen LogP contribution in [0.3, 0.4) is 0 Å². The van der Waals surface area contributed by atoms with Crippen molar-refractivity contribution in [1.82, 2.24) is 25.1 Å². The Morgan fingerprint density at radius 1 is 1.09 bits per heavy atom. The molecule has 3 aliphatic rings. The van der Waals surface area contributed by atoms with Crippen molar-refractivity contribution < 1.29 is 33.3 Å². The minimum absolute atomic E-state index is 0.123. The van der Waals surface area contributed by atoms with E-state index in [1.54, 1.807) is 24.0 Å². The molecular weight excluding hydrogens is 578 g/mol. The molecule has 238 valence electrons. The molecule has 12 heteroatoms. The first-order valence-electron chi connectivity index (χ1n) is 15.1. The summed E-state index contributed by atoms with van der Waals surface area (Å²) < 4.78 is 23.3. The standard InChI is InChI=1S/C33H39N5O7/c1-42-16-4-14-37-21-31(39)36-27-20-38(33(41)26-19-34-12-13-35-26)15-11-28(27)44-22-24-5-3-6-25(17-24)45-29-9-7-23(8-10-32(37)40)18-30(29)43-2/h3,5-7,9,12-13,17-19,27-28H,4,8,10-11,14-16,20-22H2,1-2H3,(H,36,39)/t27-,28+/m0/s1. The fraction of sp³-hybridized carbons (Fsp3) is 0.424. The largest absolute Gasteiger partial charge is 0.493 e. The van der Waals surface area contributed by atoms with E-state index < -0.39 is 6.04 Å². The number of fused-ring (bicyclic) bond motifs is 9. The van der Waals surface area contributed by atoms with Gasteiger partial charge in [-0.15, -0.1) is 0 Å². The Labute approximate surface area is 262 Å². The third kappa shape index (κ3) is 8.55. The highest BCUT2D eigenvalue weighted by Crippen LogP contribution is 2.33. The smallest absolute Gasteiger partial charge is 0.274 e. The number of rotatable bonds is 6. The van der Waals surface area contributed by atoms with E-state index in [4.69, 9.17) is 18.9 Å². The van der Waals surface area contributed by atoms with Crippen LogP contribution in [0.2, 0.25) is 0 Å². The molecule has 0 spiro atoms. The Hall–Kier alpha value is -4.55. The molecule has 0 aliphatic carbocycles. The van der Waals surface area contributed by atoms with E-state index in [0.717, 1.165) is 11.1 Å². The number of carbonyl (C=O) groups excluding carboxylic acids is 3. The predicted octanol–water partition coefficient (Wildman–Crippen LogP) is 3.00. The van der Waals surface area contributed by atoms with Gasteiger partial charge in [0.1, 0.15) is 11.4 Å². The normalized spacial score (nSPS) is 19.4. The van der Waals surface area contributed by atoms with Crippen LogP contribution in [0.4, 0.5) is 0 Å². The van der Waals surface area contributed by atoms with Gasteiger partial charge >= 0.3 is 0 Å². The van der Waals surface area contributed by atoms with Gasteiger partial charge in [-0.1, -0.05) is 18.2 Å². The summed E-state index contributed by atoms with van der Waals surface area (Å²) in [5.74, 6) is 0.991. The van der Waals surface area contributed by atoms with Gasteiger partial charge in [-0.05, 0) is 54.7 Å². The molecule has 4 bridgehead atoms. The van der Waals surface area contributed by atoms with Crippen LogP contribution in [-0.2, 0) is 32.1 Å². The molecule has 6 rings (SSSR count). The molecule has 1 aromatic heterocycles. The number of likely N-dealkylation sites (tertiary alicyclic amines) is 1. The van der Waals surface area contributed by atoms with Gasteiger partial charge in [0.05, 0.1) is 38.6 Å². The number of nitrogens with one attached hydrogen (secondary N) is 1. The maximum absolute atomic E-state index is 13.5. The van der Waals surface area contributed by atoms with Crippen molar-refractivity contribution in [2.75, 3.05) is 47.0 Å². The van der Waals surface area contributed by atoms with Gasteiger partial charge in [0, 0.05) is 52.2 Å². The second-order valence-corrected chi connectivity index (χ2v) is 11.1. The lowest BCUT2D eigenvalue weighted by molar-refractivity contribution is -0.137. The number of carbonyl (C=O) groups is 3. The third-order valence-electron chi connectivity index (χ3n) is 7.87. The first-order valence-corrected chi connectivity index (χ1v) is 15.1. The topological polar surface area (TPSA) is 132 Å². The second kappa shape index (κ2) is 15.4. The van der Waals surface area contributed by atoms with Crippen molar-refractivity contribution in [2.45, 2.75) is 44.4 Å². The number of benzene rings is 2. The molecule has 3 aromatic rings. The highest BCUT2D eigenvalue weighted by Gasteiger charge is 2.34. The summed E-state index contributed by atoms with van der Waals surface area (Å²) in [6, 6.07) is 12.7. The average molecular weight is 618 g/mol. The Morgan fingerprint density at radius 3 is 2.78 bits per heavy atom. The molecule has 0 radical (unpaired) electrons. The van der Waals surface area contributed by atoms with Crippen molar-refractivity contribution in [3.63, 3.8) is 0 Å². The van der Waals surface area contributed by atoms with Gasteiger partial charge < -0.3 is 34.1 Å². The Kier molecular flexibility index (Phi) is 10.9. The van der Waals surface area contributed by atoms with E-state index in [1.165, 1.54) is 18.6 Å². The molecular formula is C33H39N5O7. The zero-order chi connectivity index (χ0) is 31.6. The molecule has 0 saturated carbocycles. The lowest BCUT2D eigenvalue weighted by atomic mass is 10.0. The summed E-state index contributed by atoms with van der Waals surface area (Å²) in [6.07, 6.45) is 5.79. The minimum atomic E-state index is -0.510. The fourth-order valence-electron chi connectivity index (χ4n) is 5.53. The second-order valence-electron chi connectivity index (χ2n) is 11.1. The Bertz CT molecular complexity index is 1470. The molecule has 1 saturated heterocycles. The van der Waals surface area contributed by atoms with Crippen LogP contribution in [0.25, 0.3) is 0 Å². The summed E-state index contributed by atoms with van der Waals surface area (Å²) in [6.45, 7) is 1.62. The molecule has 2 atom stereocenters. The predicted molar refractivity (Wildman–Crippen MR) is 164 cm³/mol. The number of piperidine rings is 1. The van der Waals surface area contributed by atoms with E-state index in [9.17, 15) is 14.4 Å². The van der Waals surface area contributed by atoms with Crippen LogP contribution in [0.15, 0.2) is 61.1 Å². The SMILES string of the molecule is COCCCN1CC(=O)N[C@H]2CN(C(=O)c3cnccn3)CC[C@H]2OCc2cccc(c2)Oc2ccc(cc2OC)CCC1=O. The molecule has 12 nitrogen and oxygen atoms in total. The zero-order valence-corrected chi connectivity index (χ0v) is 25.6. The van der Waals surface area contributed by atoms with Gasteiger partial charge in [-0.3, -0.25) is 19.4 Å². The van der Waals surface area contributed by atoms with E-state index in [1.807, 2.05) is 42.5 Å². The van der Waals surface area contributed by atoms with E-state index in [-0.39, 0.29) is 55.6 Å². The van der Waals surface area contributed by atoms with Gasteiger partial charge in [0.25, 0.3) is 5.91 Å². The van der Waals surface area contributed by atoms with Gasteiger partial charge in [-0.25, -0.2) is 4.98 Å². The summed E-state index contributed by atoms with van der Waals surface area (Å²) in [7, 11) is 3.18. The van der Waals surface area contributed by atoms with E-state index in [2.05, 4.69) is 15.3 Å². The maximum atomic E-state index is 13.5. The summed E-state index contributed by atoms with van der Waals surface area (Å²) >= 11 is 0. The van der Waals surface area contributed by atoms with Crippen LogP contribution < -0.4 is 14.8 Å². The Morgan fingerprint density at radius 2 is 1.98 bits per heavy atom. The highest BCUT2D eigenvalue weighted by atomic mass is 16.5. The highest BCUT2D eigenvalue weighted by molar-refractivity contribution is 5.92. The summed E-state index contributed by atoms with van der Waals surface area (Å²) in [5.41, 5.74) is 2.03. The minimum Gasteiger partial charge on any atom is -0.493 e. The lowest BCUT2D eigenvalue weighted by Gasteiger charge is -2.39. The van der Waals surface area contributed by atoms with Gasteiger partial charge in [-0.2, -0.15) is 0 Å². The van der Waals surface area contributed by atoms with Crippen molar-refractivity contribution in [3.8, 4) is 17.2 Å². The number of nitrogens with zero attached hydrogens (tertiary/aromatic N) is 4. The first-order chi connectivity index (χ1) is 21.9. The summed E-state index contributed by atoms with van der Waals surface area (Å²) in [5, 5.41) is 3.07. The lowest BCUT2D eigenvalue weighted by Crippen LogP contribution is -2.58. The summed E-state index contributed by atoms with van der Waals surface area (Å²) in [4.78, 5) is 51.5. The van der Waals surface area contributed by atoms with Crippen molar-refractivity contribution in [2.24, 2.45) is 0 Å². The molecule has 4 heterocycles. The molecule has 0 unspecified atom stereocenters. The number of aromatic nitrogens is 2. The van der Waals surface area contributed by atoms with Crippen LogP contribution >= 0.6 is 0 Å². The van der Waals surface area contributed by atoms with Crippen molar-refractivity contribution in [3.05, 3.63) is 77.9 Å². The molecule has 45 heavy (non-hydrogen) atoms. The maximum Gasteiger partial charge on any atom is 0.274 e. The number of hydrogen-bond donors (Lipinski definition) is 1. The fourth-order valence-corrected chi connectivity index (χ4v) is 5.53. The van der Waals surface area contributed by atoms with Crippen LogP contribution in [0.1, 0.15) is 40.9 Å². The van der Waals surface area contributed by atoms with Gasteiger partial charge in [0.2, 0.25) is 11.8 Å². The van der Waals surface area contributed by atoms with Gasteiger partial charge in [0.15, 0.2) is 11.5 Å². The van der Waals surface area contributed by atoms with Crippen LogP contribution in [0, 0.1) is 0 Å². The average Bonchev–Trinajstić information content (AvgIpc) is 3.06. The number of methoxy groups -OCH3 is 2.